The van der Waals surface area contributed by atoms with E-state index in [-0.39, 0.29) is 0 Å². The summed E-state index contributed by atoms with van der Waals surface area (Å²) in [6, 6.07) is 17.4. The Morgan fingerprint density at radius 1 is 0.912 bits per heavy atom. The summed E-state index contributed by atoms with van der Waals surface area (Å²) in [5.41, 5.74) is 1.68. The Hall–Kier alpha value is -2.85. The van der Waals surface area contributed by atoms with Crippen LogP contribution in [0.3, 0.4) is 0 Å². The Balaban J connectivity index is 1.42. The lowest BCUT2D eigenvalue weighted by atomic mass is 10.1. The van der Waals surface area contributed by atoms with Crippen molar-refractivity contribution in [1.82, 2.24) is 30.0 Å². The molecular formula is C23H22Cl2N8S. The van der Waals surface area contributed by atoms with Crippen molar-refractivity contribution in [2.24, 2.45) is 0 Å². The summed E-state index contributed by atoms with van der Waals surface area (Å²) < 4.78 is 0. The maximum atomic E-state index is 6.17. The normalized spacial score (nSPS) is 14.4. The molecule has 2 N–H and O–H groups in total. The smallest absolute Gasteiger partial charge is 0.234 e. The largest absolute Gasteiger partial charge is 0.338 e. The van der Waals surface area contributed by atoms with Crippen LogP contribution in [0.2, 0.25) is 10.0 Å². The highest BCUT2D eigenvalue weighted by Gasteiger charge is 2.19. The lowest BCUT2D eigenvalue weighted by molar-refractivity contribution is 0.311. The molecule has 1 aliphatic heterocycles. The summed E-state index contributed by atoms with van der Waals surface area (Å²) in [5, 5.41) is 12.2. The van der Waals surface area contributed by atoms with Crippen LogP contribution in [0.1, 0.15) is 0 Å². The van der Waals surface area contributed by atoms with Crippen LogP contribution in [0, 0.1) is 0 Å². The van der Waals surface area contributed by atoms with Crippen LogP contribution >= 0.6 is 35.0 Å². The topological polar surface area (TPSA) is 85.9 Å². The number of benzene rings is 2. The van der Waals surface area contributed by atoms with Gasteiger partial charge in [-0.05, 0) is 43.1 Å². The van der Waals surface area contributed by atoms with Crippen LogP contribution in [0.4, 0.5) is 17.7 Å². The molecule has 8 nitrogen and oxygen atoms in total. The van der Waals surface area contributed by atoms with Gasteiger partial charge in [-0.25, -0.2) is 0 Å². The van der Waals surface area contributed by atoms with E-state index in [0.29, 0.717) is 32.9 Å². The molecule has 0 unspecified atom stereocenters. The zero-order chi connectivity index (χ0) is 23.5. The van der Waals surface area contributed by atoms with Crippen molar-refractivity contribution >= 4 is 52.7 Å². The van der Waals surface area contributed by atoms with Crippen molar-refractivity contribution in [3.63, 3.8) is 0 Å². The van der Waals surface area contributed by atoms with Crippen LogP contribution in [0.15, 0.2) is 64.6 Å². The number of hydrogen-bond donors (Lipinski definition) is 2. The van der Waals surface area contributed by atoms with Gasteiger partial charge in [-0.15, -0.1) is 0 Å². The standard InChI is InChI=1S/C23H22Cl2N8S/c1-32-9-11-33(12-10-32)22-27-21(28-23(29-22)34-16-5-3-2-4-6-16)26-20-14-19(30-31-20)15-7-8-17(24)18(25)13-15/h2-8,13-14H,9-12H2,1H3,(H2,26,27,28,29,30,31). The lowest BCUT2D eigenvalue weighted by Gasteiger charge is -2.32. The first-order valence-corrected chi connectivity index (χ1v) is 12.3. The molecule has 2 aromatic carbocycles. The predicted molar refractivity (Wildman–Crippen MR) is 137 cm³/mol. The van der Waals surface area contributed by atoms with Gasteiger partial charge < -0.3 is 15.1 Å². The van der Waals surface area contributed by atoms with Gasteiger partial charge in [-0.2, -0.15) is 20.1 Å². The monoisotopic (exact) mass is 512 g/mol. The first kappa shape index (κ1) is 22.9. The van der Waals surface area contributed by atoms with Crippen molar-refractivity contribution in [1.29, 1.82) is 0 Å². The first-order valence-electron chi connectivity index (χ1n) is 10.7. The average molecular weight is 513 g/mol. The van der Waals surface area contributed by atoms with Crippen LogP contribution in [0.25, 0.3) is 11.3 Å². The molecule has 3 heterocycles. The summed E-state index contributed by atoms with van der Waals surface area (Å²) in [6.45, 7) is 3.64. The minimum atomic E-state index is 0.439. The van der Waals surface area contributed by atoms with Gasteiger partial charge in [0.1, 0.15) is 0 Å². The van der Waals surface area contributed by atoms with Crippen molar-refractivity contribution < 1.29 is 0 Å². The molecule has 0 bridgehead atoms. The van der Waals surface area contributed by atoms with Gasteiger partial charge in [0, 0.05) is 42.7 Å². The second-order valence-corrected chi connectivity index (χ2v) is 9.72. The number of piperazine rings is 1. The number of nitrogens with one attached hydrogen (secondary N) is 2. The van der Waals surface area contributed by atoms with E-state index in [0.717, 1.165) is 42.3 Å². The Morgan fingerprint density at radius 2 is 1.71 bits per heavy atom. The van der Waals surface area contributed by atoms with Gasteiger partial charge >= 0.3 is 0 Å². The average Bonchev–Trinajstić information content (AvgIpc) is 3.30. The molecule has 1 saturated heterocycles. The number of aromatic amines is 1. The molecule has 2 aromatic heterocycles. The highest BCUT2D eigenvalue weighted by atomic mass is 35.5. The molecule has 34 heavy (non-hydrogen) atoms. The predicted octanol–water partition coefficient (Wildman–Crippen LogP) is 5.22. The first-order chi connectivity index (χ1) is 16.5. The number of rotatable bonds is 6. The molecule has 0 amide bonds. The fraction of sp³-hybridized carbons (Fsp3) is 0.217. The van der Waals surface area contributed by atoms with E-state index < -0.39 is 0 Å². The Bertz CT molecular complexity index is 1280. The summed E-state index contributed by atoms with van der Waals surface area (Å²) >= 11 is 13.7. The van der Waals surface area contributed by atoms with Gasteiger partial charge in [0.25, 0.3) is 0 Å². The maximum Gasteiger partial charge on any atom is 0.234 e. The lowest BCUT2D eigenvalue weighted by Crippen LogP contribution is -2.45. The number of nitrogens with zero attached hydrogens (tertiary/aromatic N) is 6. The van der Waals surface area contributed by atoms with Gasteiger partial charge in [0.15, 0.2) is 11.0 Å². The third-order valence-corrected chi connectivity index (χ3v) is 7.00. The van der Waals surface area contributed by atoms with E-state index in [1.807, 2.05) is 42.5 Å². The maximum absolute atomic E-state index is 6.17. The van der Waals surface area contributed by atoms with Crippen LogP contribution < -0.4 is 10.2 Å². The zero-order valence-corrected chi connectivity index (χ0v) is 20.7. The molecule has 1 aliphatic rings. The van der Waals surface area contributed by atoms with Gasteiger partial charge in [0.05, 0.1) is 15.7 Å². The van der Waals surface area contributed by atoms with Crippen molar-refractivity contribution in [3.05, 3.63) is 64.6 Å². The molecule has 5 rings (SSSR count). The highest BCUT2D eigenvalue weighted by molar-refractivity contribution is 7.99. The van der Waals surface area contributed by atoms with E-state index >= 15 is 0 Å². The Morgan fingerprint density at radius 3 is 2.47 bits per heavy atom. The molecule has 11 heteroatoms. The molecule has 1 fully saturated rings. The number of hydrogen-bond acceptors (Lipinski definition) is 8. The zero-order valence-electron chi connectivity index (χ0n) is 18.4. The van der Waals surface area contributed by atoms with E-state index in [2.05, 4.69) is 37.3 Å². The van der Waals surface area contributed by atoms with Crippen LogP contribution in [-0.2, 0) is 0 Å². The number of H-pyrrole nitrogens is 1. The Kier molecular flexibility index (Phi) is 6.87. The molecule has 4 aromatic rings. The SMILES string of the molecule is CN1CCN(c2nc(Nc3cc(-c4ccc(Cl)c(Cl)c4)[nH]n3)nc(Sc3ccccc3)n2)CC1. The fourth-order valence-corrected chi connectivity index (χ4v) is 4.56. The van der Waals surface area contributed by atoms with Gasteiger partial charge in [-0.3, -0.25) is 5.10 Å². The van der Waals surface area contributed by atoms with Gasteiger partial charge in [-0.1, -0.05) is 47.5 Å². The molecule has 0 radical (unpaired) electrons. The third kappa shape index (κ3) is 5.44. The number of anilines is 3. The van der Waals surface area contributed by atoms with Crippen LogP contribution in [0.5, 0.6) is 0 Å². The van der Waals surface area contributed by atoms with E-state index in [1.165, 1.54) is 11.8 Å². The molecule has 0 spiro atoms. The quantitative estimate of drug-likeness (QED) is 0.363. The second-order valence-electron chi connectivity index (χ2n) is 7.87. The number of halogens is 2. The van der Waals surface area contributed by atoms with Crippen molar-refractivity contribution in [3.8, 4) is 11.3 Å². The molecule has 0 aliphatic carbocycles. The van der Waals surface area contributed by atoms with Crippen molar-refractivity contribution in [2.75, 3.05) is 43.4 Å². The minimum absolute atomic E-state index is 0.439. The Labute approximate surface area is 211 Å². The number of aromatic nitrogens is 5. The molecule has 0 atom stereocenters. The summed E-state index contributed by atoms with van der Waals surface area (Å²) in [7, 11) is 2.12. The molecular weight excluding hydrogens is 491 g/mol. The van der Waals surface area contributed by atoms with E-state index in [1.54, 1.807) is 12.1 Å². The van der Waals surface area contributed by atoms with Crippen molar-refractivity contribution in [2.45, 2.75) is 10.1 Å². The summed E-state index contributed by atoms with van der Waals surface area (Å²) in [4.78, 5) is 19.6. The molecule has 174 valence electrons. The third-order valence-electron chi connectivity index (χ3n) is 5.39. The summed E-state index contributed by atoms with van der Waals surface area (Å²) in [5.74, 6) is 1.69. The van der Waals surface area contributed by atoms with Crippen LogP contribution in [-0.4, -0.2) is 63.3 Å². The van der Waals surface area contributed by atoms with E-state index in [4.69, 9.17) is 33.2 Å². The number of likely N-dealkylation sites (N-methyl/N-ethyl adjacent to an activating group) is 1. The molecule has 0 saturated carbocycles. The second kappa shape index (κ2) is 10.2. The summed E-state index contributed by atoms with van der Waals surface area (Å²) in [6.07, 6.45) is 0. The highest BCUT2D eigenvalue weighted by Crippen LogP contribution is 2.30. The van der Waals surface area contributed by atoms with E-state index in [9.17, 15) is 0 Å². The van der Waals surface area contributed by atoms with Gasteiger partial charge in [0.2, 0.25) is 11.9 Å². The minimum Gasteiger partial charge on any atom is -0.338 e. The fourth-order valence-electron chi connectivity index (χ4n) is 3.50.